The molecule has 0 bridgehead atoms. The van der Waals surface area contributed by atoms with E-state index in [1.54, 1.807) is 31.1 Å². The van der Waals surface area contributed by atoms with Crippen LogP contribution in [0.2, 0.25) is 0 Å². The predicted molar refractivity (Wildman–Crippen MR) is 92.4 cm³/mol. The summed E-state index contributed by atoms with van der Waals surface area (Å²) >= 11 is 0. The summed E-state index contributed by atoms with van der Waals surface area (Å²) < 4.78 is 5.31. The van der Waals surface area contributed by atoms with Gasteiger partial charge < -0.3 is 20.7 Å². The third-order valence-electron chi connectivity index (χ3n) is 3.94. The fourth-order valence-corrected chi connectivity index (χ4v) is 2.86. The first-order valence-corrected chi connectivity index (χ1v) is 7.83. The Kier molecular flexibility index (Phi) is 4.51. The summed E-state index contributed by atoms with van der Waals surface area (Å²) in [6.07, 6.45) is 0.212. The zero-order valence-electron chi connectivity index (χ0n) is 14.0. The standard InChI is InChI=1S/C17H19N5O3/c1-10-7-12(21-17(18)19-10)16(24)20-11-8-15(23)22(9-11)13-5-3-4-6-14(13)25-2/h3-7,11H,8-9H2,1-2H3,(H,20,24)(H2,18,19,21)/t11-/m0/s1. The Balaban J connectivity index is 1.73. The van der Waals surface area contributed by atoms with Crippen LogP contribution in [0.1, 0.15) is 22.6 Å². The fraction of sp³-hybridized carbons (Fsp3) is 0.294. The van der Waals surface area contributed by atoms with Crippen LogP contribution in [-0.2, 0) is 4.79 Å². The predicted octanol–water partition coefficient (Wildman–Crippen LogP) is 0.911. The van der Waals surface area contributed by atoms with E-state index in [0.29, 0.717) is 23.7 Å². The minimum atomic E-state index is -0.378. The van der Waals surface area contributed by atoms with E-state index in [1.807, 2.05) is 18.2 Å². The highest BCUT2D eigenvalue weighted by Gasteiger charge is 2.33. The zero-order chi connectivity index (χ0) is 18.0. The number of hydrogen-bond acceptors (Lipinski definition) is 6. The van der Waals surface area contributed by atoms with Gasteiger partial charge in [-0.3, -0.25) is 9.59 Å². The lowest BCUT2D eigenvalue weighted by atomic mass is 10.2. The summed E-state index contributed by atoms with van der Waals surface area (Å²) in [5.74, 6) is 0.204. The minimum absolute atomic E-state index is 0.0447. The largest absolute Gasteiger partial charge is 0.495 e. The highest BCUT2D eigenvalue weighted by atomic mass is 16.5. The molecule has 1 atom stereocenters. The van der Waals surface area contributed by atoms with Crippen molar-refractivity contribution in [3.8, 4) is 5.75 Å². The molecule has 2 heterocycles. The van der Waals surface area contributed by atoms with Crippen molar-refractivity contribution in [1.82, 2.24) is 15.3 Å². The minimum Gasteiger partial charge on any atom is -0.495 e. The SMILES string of the molecule is COc1ccccc1N1C[C@@H](NC(=O)c2cc(C)nc(N)n2)CC1=O. The van der Waals surface area contributed by atoms with Crippen LogP contribution in [0.3, 0.4) is 0 Å². The van der Waals surface area contributed by atoms with Crippen molar-refractivity contribution in [2.24, 2.45) is 0 Å². The second-order valence-corrected chi connectivity index (χ2v) is 5.80. The van der Waals surface area contributed by atoms with Gasteiger partial charge in [0.2, 0.25) is 11.9 Å². The number of hydrogen-bond donors (Lipinski definition) is 2. The first-order chi connectivity index (χ1) is 12.0. The van der Waals surface area contributed by atoms with E-state index >= 15 is 0 Å². The molecule has 1 aromatic carbocycles. The van der Waals surface area contributed by atoms with E-state index in [4.69, 9.17) is 10.5 Å². The van der Waals surface area contributed by atoms with Gasteiger partial charge in [0.1, 0.15) is 11.4 Å². The molecule has 2 aromatic rings. The molecule has 25 heavy (non-hydrogen) atoms. The van der Waals surface area contributed by atoms with E-state index in [9.17, 15) is 9.59 Å². The van der Waals surface area contributed by atoms with Gasteiger partial charge >= 0.3 is 0 Å². The molecule has 1 saturated heterocycles. The van der Waals surface area contributed by atoms with Crippen LogP contribution in [0.15, 0.2) is 30.3 Å². The molecule has 0 saturated carbocycles. The summed E-state index contributed by atoms with van der Waals surface area (Å²) in [5.41, 5.74) is 7.06. The molecule has 0 spiro atoms. The summed E-state index contributed by atoms with van der Waals surface area (Å²) in [7, 11) is 1.56. The molecular weight excluding hydrogens is 322 g/mol. The average Bonchev–Trinajstić information content (AvgIpc) is 2.94. The summed E-state index contributed by atoms with van der Waals surface area (Å²) in [4.78, 5) is 34.2. The normalized spacial score (nSPS) is 16.8. The molecule has 3 N–H and O–H groups in total. The van der Waals surface area contributed by atoms with E-state index in [-0.39, 0.29) is 35.9 Å². The van der Waals surface area contributed by atoms with Crippen molar-refractivity contribution in [2.75, 3.05) is 24.3 Å². The number of carbonyl (C=O) groups excluding carboxylic acids is 2. The van der Waals surface area contributed by atoms with Gasteiger partial charge in [-0.05, 0) is 25.1 Å². The number of aromatic nitrogens is 2. The van der Waals surface area contributed by atoms with E-state index in [1.165, 1.54) is 0 Å². The molecule has 2 amide bonds. The molecule has 8 heteroatoms. The Morgan fingerprint density at radius 3 is 2.84 bits per heavy atom. The Hall–Kier alpha value is -3.16. The number of carbonyl (C=O) groups is 2. The van der Waals surface area contributed by atoms with Gasteiger partial charge in [0, 0.05) is 18.7 Å². The zero-order valence-corrected chi connectivity index (χ0v) is 14.0. The summed E-state index contributed by atoms with van der Waals surface area (Å²) in [5, 5.41) is 2.83. The first-order valence-electron chi connectivity index (χ1n) is 7.83. The number of amides is 2. The first kappa shape index (κ1) is 16.7. The van der Waals surface area contributed by atoms with Crippen molar-refractivity contribution < 1.29 is 14.3 Å². The molecule has 3 rings (SSSR count). The van der Waals surface area contributed by atoms with Gasteiger partial charge in [0.15, 0.2) is 0 Å². The maximum Gasteiger partial charge on any atom is 0.270 e. The average molecular weight is 341 g/mol. The number of nitrogens with one attached hydrogen (secondary N) is 1. The highest BCUT2D eigenvalue weighted by molar-refractivity contribution is 5.99. The number of nitrogens with two attached hydrogens (primary N) is 1. The summed E-state index contributed by atoms with van der Waals surface area (Å²) in [6.45, 7) is 2.10. The fourth-order valence-electron chi connectivity index (χ4n) is 2.86. The second kappa shape index (κ2) is 6.76. The molecular formula is C17H19N5O3. The van der Waals surface area contributed by atoms with Crippen molar-refractivity contribution in [1.29, 1.82) is 0 Å². The molecule has 0 aliphatic carbocycles. The Morgan fingerprint density at radius 2 is 2.12 bits per heavy atom. The summed E-state index contributed by atoms with van der Waals surface area (Å²) in [6, 6.07) is 8.52. The van der Waals surface area contributed by atoms with Crippen LogP contribution < -0.4 is 20.7 Å². The maximum atomic E-state index is 12.4. The molecule has 1 aromatic heterocycles. The van der Waals surface area contributed by atoms with E-state index < -0.39 is 0 Å². The third-order valence-corrected chi connectivity index (χ3v) is 3.94. The Bertz CT molecular complexity index is 803. The molecule has 8 nitrogen and oxygen atoms in total. The van der Waals surface area contributed by atoms with Crippen LogP contribution in [0.25, 0.3) is 0 Å². The third kappa shape index (κ3) is 3.52. The molecule has 130 valence electrons. The van der Waals surface area contributed by atoms with Crippen molar-refractivity contribution in [3.63, 3.8) is 0 Å². The molecule has 1 aliphatic heterocycles. The van der Waals surface area contributed by atoms with Crippen LogP contribution in [0, 0.1) is 6.92 Å². The number of methoxy groups -OCH3 is 1. The van der Waals surface area contributed by atoms with Crippen molar-refractivity contribution in [3.05, 3.63) is 41.7 Å². The van der Waals surface area contributed by atoms with Gasteiger partial charge in [-0.25, -0.2) is 9.97 Å². The number of benzene rings is 1. The van der Waals surface area contributed by atoms with Crippen molar-refractivity contribution >= 4 is 23.5 Å². The lowest BCUT2D eigenvalue weighted by Crippen LogP contribution is -2.37. The Labute approximate surface area is 145 Å². The maximum absolute atomic E-state index is 12.4. The van der Waals surface area contributed by atoms with Crippen LogP contribution in [0.5, 0.6) is 5.75 Å². The van der Waals surface area contributed by atoms with Crippen LogP contribution >= 0.6 is 0 Å². The number of rotatable bonds is 4. The second-order valence-electron chi connectivity index (χ2n) is 5.80. The lowest BCUT2D eigenvalue weighted by molar-refractivity contribution is -0.117. The molecule has 1 fully saturated rings. The van der Waals surface area contributed by atoms with Crippen LogP contribution in [0.4, 0.5) is 11.6 Å². The van der Waals surface area contributed by atoms with Gasteiger partial charge in [0.05, 0.1) is 18.8 Å². The lowest BCUT2D eigenvalue weighted by Gasteiger charge is -2.19. The molecule has 0 unspecified atom stereocenters. The van der Waals surface area contributed by atoms with Gasteiger partial charge in [0.25, 0.3) is 5.91 Å². The highest BCUT2D eigenvalue weighted by Crippen LogP contribution is 2.31. The number of nitrogens with zero attached hydrogens (tertiary/aromatic N) is 3. The van der Waals surface area contributed by atoms with Gasteiger partial charge in [-0.2, -0.15) is 0 Å². The number of nitrogen functional groups attached to an aromatic ring is 1. The van der Waals surface area contributed by atoms with Crippen LogP contribution in [-0.4, -0.2) is 41.5 Å². The van der Waals surface area contributed by atoms with E-state index in [2.05, 4.69) is 15.3 Å². The molecule has 1 aliphatic rings. The quantitative estimate of drug-likeness (QED) is 0.855. The van der Waals surface area contributed by atoms with Crippen molar-refractivity contribution in [2.45, 2.75) is 19.4 Å². The van der Waals surface area contributed by atoms with E-state index in [0.717, 1.165) is 0 Å². The Morgan fingerprint density at radius 1 is 1.36 bits per heavy atom. The van der Waals surface area contributed by atoms with Gasteiger partial charge in [-0.1, -0.05) is 12.1 Å². The molecule has 0 radical (unpaired) electrons. The smallest absolute Gasteiger partial charge is 0.270 e. The monoisotopic (exact) mass is 341 g/mol. The number of anilines is 2. The topological polar surface area (TPSA) is 110 Å². The number of ether oxygens (including phenoxy) is 1. The van der Waals surface area contributed by atoms with Gasteiger partial charge in [-0.15, -0.1) is 0 Å². The number of aryl methyl sites for hydroxylation is 1. The number of para-hydroxylation sites is 2.